The van der Waals surface area contributed by atoms with Gasteiger partial charge in [0, 0.05) is 5.56 Å². The fourth-order valence-electron chi connectivity index (χ4n) is 2.37. The molecule has 20 heavy (non-hydrogen) atoms. The van der Waals surface area contributed by atoms with Gasteiger partial charge in [0.2, 0.25) is 5.89 Å². The second-order valence-corrected chi connectivity index (χ2v) is 5.09. The summed E-state index contributed by atoms with van der Waals surface area (Å²) in [4.78, 5) is 4.51. The highest BCUT2D eigenvalue weighted by Crippen LogP contribution is 2.26. The third kappa shape index (κ3) is 2.45. The average Bonchev–Trinajstić information content (AvgIpc) is 2.91. The van der Waals surface area contributed by atoms with Gasteiger partial charge in [-0.05, 0) is 48.7 Å². The van der Waals surface area contributed by atoms with Gasteiger partial charge in [-0.25, -0.2) is 4.98 Å². The first-order valence-electron chi connectivity index (χ1n) is 6.94. The van der Waals surface area contributed by atoms with Crippen LogP contribution in [0.25, 0.3) is 22.6 Å². The van der Waals surface area contributed by atoms with Crippen molar-refractivity contribution in [3.05, 3.63) is 54.1 Å². The van der Waals surface area contributed by atoms with Gasteiger partial charge >= 0.3 is 0 Å². The minimum Gasteiger partial charge on any atom is -0.436 e. The van der Waals surface area contributed by atoms with Gasteiger partial charge in [0.15, 0.2) is 5.58 Å². The third-order valence-corrected chi connectivity index (χ3v) is 3.62. The highest BCUT2D eigenvalue weighted by Gasteiger charge is 2.09. The van der Waals surface area contributed by atoms with Gasteiger partial charge in [0.1, 0.15) is 5.52 Å². The van der Waals surface area contributed by atoms with Gasteiger partial charge in [0.05, 0.1) is 0 Å². The van der Waals surface area contributed by atoms with Crippen LogP contribution in [0.15, 0.2) is 52.9 Å². The van der Waals surface area contributed by atoms with E-state index in [9.17, 15) is 0 Å². The number of rotatable bonds is 4. The molecule has 0 radical (unpaired) electrons. The summed E-state index contributed by atoms with van der Waals surface area (Å²) in [6.07, 6.45) is 1.00. The van der Waals surface area contributed by atoms with Crippen molar-refractivity contribution in [2.75, 3.05) is 6.54 Å². The Labute approximate surface area is 118 Å². The molecule has 1 heterocycles. The summed E-state index contributed by atoms with van der Waals surface area (Å²) >= 11 is 0. The van der Waals surface area contributed by atoms with Crippen LogP contribution < -0.4 is 5.73 Å². The molecule has 2 N–H and O–H groups in total. The lowest BCUT2D eigenvalue weighted by atomic mass is 9.97. The topological polar surface area (TPSA) is 52.0 Å². The van der Waals surface area contributed by atoms with Crippen LogP contribution in [-0.2, 0) is 0 Å². The van der Waals surface area contributed by atoms with E-state index in [0.717, 1.165) is 23.1 Å². The number of aromatic nitrogens is 1. The van der Waals surface area contributed by atoms with Crippen molar-refractivity contribution in [1.29, 1.82) is 0 Å². The Morgan fingerprint density at radius 1 is 1.10 bits per heavy atom. The van der Waals surface area contributed by atoms with Crippen LogP contribution in [0.4, 0.5) is 0 Å². The number of para-hydroxylation sites is 2. The van der Waals surface area contributed by atoms with Crippen LogP contribution in [-0.4, -0.2) is 11.5 Å². The number of hydrogen-bond acceptors (Lipinski definition) is 3. The molecule has 2 aromatic carbocycles. The molecule has 1 atom stereocenters. The smallest absolute Gasteiger partial charge is 0.227 e. The Morgan fingerprint density at radius 3 is 2.55 bits per heavy atom. The quantitative estimate of drug-likeness (QED) is 0.778. The largest absolute Gasteiger partial charge is 0.436 e. The van der Waals surface area contributed by atoms with Gasteiger partial charge in [-0.1, -0.05) is 31.2 Å². The SMILES string of the molecule is CC(CCN)c1ccc(-c2nc3ccccc3o2)cc1. The molecule has 0 saturated heterocycles. The van der Waals surface area contributed by atoms with Gasteiger partial charge in [0.25, 0.3) is 0 Å². The molecule has 0 bridgehead atoms. The second-order valence-electron chi connectivity index (χ2n) is 5.09. The van der Waals surface area contributed by atoms with E-state index < -0.39 is 0 Å². The Balaban J connectivity index is 1.90. The van der Waals surface area contributed by atoms with E-state index in [1.165, 1.54) is 5.56 Å². The van der Waals surface area contributed by atoms with Crippen molar-refractivity contribution in [2.24, 2.45) is 5.73 Å². The van der Waals surface area contributed by atoms with Crippen LogP contribution in [0, 0.1) is 0 Å². The maximum atomic E-state index is 5.77. The molecule has 1 unspecified atom stereocenters. The lowest BCUT2D eigenvalue weighted by molar-refractivity contribution is 0.619. The maximum Gasteiger partial charge on any atom is 0.227 e. The van der Waals surface area contributed by atoms with Gasteiger partial charge in [-0.3, -0.25) is 0 Å². The molecule has 0 aliphatic heterocycles. The summed E-state index contributed by atoms with van der Waals surface area (Å²) in [5.41, 5.74) is 9.63. The summed E-state index contributed by atoms with van der Waals surface area (Å²) in [5.74, 6) is 1.15. The van der Waals surface area contributed by atoms with E-state index in [2.05, 4.69) is 36.2 Å². The van der Waals surface area contributed by atoms with Crippen LogP contribution in [0.1, 0.15) is 24.8 Å². The number of nitrogens with two attached hydrogens (primary N) is 1. The summed E-state index contributed by atoms with van der Waals surface area (Å²) < 4.78 is 5.77. The van der Waals surface area contributed by atoms with Crippen LogP contribution in [0.5, 0.6) is 0 Å². The fourth-order valence-corrected chi connectivity index (χ4v) is 2.37. The van der Waals surface area contributed by atoms with Crippen molar-refractivity contribution in [3.63, 3.8) is 0 Å². The van der Waals surface area contributed by atoms with Crippen molar-refractivity contribution in [2.45, 2.75) is 19.3 Å². The van der Waals surface area contributed by atoms with Crippen molar-refractivity contribution >= 4 is 11.1 Å². The van der Waals surface area contributed by atoms with Gasteiger partial charge < -0.3 is 10.2 Å². The molecule has 0 saturated carbocycles. The summed E-state index contributed by atoms with van der Waals surface area (Å²) in [5, 5.41) is 0. The molecule has 0 aliphatic rings. The monoisotopic (exact) mass is 266 g/mol. The van der Waals surface area contributed by atoms with E-state index in [4.69, 9.17) is 10.2 Å². The molecular formula is C17H18N2O. The first kappa shape index (κ1) is 12.9. The minimum atomic E-state index is 0.484. The summed E-state index contributed by atoms with van der Waals surface area (Å²) in [6, 6.07) is 16.2. The first-order valence-corrected chi connectivity index (χ1v) is 6.94. The van der Waals surface area contributed by atoms with E-state index in [1.54, 1.807) is 0 Å². The zero-order valence-corrected chi connectivity index (χ0v) is 11.5. The first-order chi connectivity index (χ1) is 9.78. The zero-order chi connectivity index (χ0) is 13.9. The molecule has 0 spiro atoms. The maximum absolute atomic E-state index is 5.77. The molecule has 0 amide bonds. The van der Waals surface area contributed by atoms with E-state index in [-0.39, 0.29) is 0 Å². The molecule has 0 fully saturated rings. The fraction of sp³-hybridized carbons (Fsp3) is 0.235. The lowest BCUT2D eigenvalue weighted by Crippen LogP contribution is -2.04. The number of hydrogen-bond donors (Lipinski definition) is 1. The second kappa shape index (κ2) is 5.47. The normalized spacial score (nSPS) is 12.7. The summed E-state index contributed by atoms with van der Waals surface area (Å²) in [7, 11) is 0. The number of benzene rings is 2. The van der Waals surface area contributed by atoms with Gasteiger partial charge in [-0.15, -0.1) is 0 Å². The number of fused-ring (bicyclic) bond motifs is 1. The number of oxazole rings is 1. The molecule has 3 aromatic rings. The number of nitrogens with zero attached hydrogens (tertiary/aromatic N) is 1. The van der Waals surface area contributed by atoms with E-state index in [0.29, 0.717) is 18.4 Å². The van der Waals surface area contributed by atoms with Gasteiger partial charge in [-0.2, -0.15) is 0 Å². The highest BCUT2D eigenvalue weighted by molar-refractivity contribution is 5.75. The molecule has 1 aromatic heterocycles. The van der Waals surface area contributed by atoms with Crippen molar-refractivity contribution in [3.8, 4) is 11.5 Å². The average molecular weight is 266 g/mol. The molecule has 3 heteroatoms. The predicted octanol–water partition coefficient (Wildman–Crippen LogP) is 3.95. The molecule has 0 aliphatic carbocycles. The highest BCUT2D eigenvalue weighted by atomic mass is 16.3. The molecule has 102 valence electrons. The summed E-state index contributed by atoms with van der Waals surface area (Å²) in [6.45, 7) is 2.91. The standard InChI is InChI=1S/C17H18N2O/c1-12(10-11-18)13-6-8-14(9-7-13)17-19-15-4-2-3-5-16(15)20-17/h2-9,12H,10-11,18H2,1H3. The Hall–Kier alpha value is -2.13. The minimum absolute atomic E-state index is 0.484. The Bertz CT molecular complexity index is 667. The van der Waals surface area contributed by atoms with Crippen LogP contribution in [0.3, 0.4) is 0 Å². The van der Waals surface area contributed by atoms with Crippen LogP contribution >= 0.6 is 0 Å². The zero-order valence-electron chi connectivity index (χ0n) is 11.5. The molecule has 3 nitrogen and oxygen atoms in total. The van der Waals surface area contributed by atoms with E-state index in [1.807, 2.05) is 24.3 Å². The van der Waals surface area contributed by atoms with Crippen molar-refractivity contribution < 1.29 is 4.42 Å². The molecular weight excluding hydrogens is 248 g/mol. The van der Waals surface area contributed by atoms with E-state index >= 15 is 0 Å². The predicted molar refractivity (Wildman–Crippen MR) is 81.5 cm³/mol. The van der Waals surface area contributed by atoms with Crippen LogP contribution in [0.2, 0.25) is 0 Å². The molecule has 3 rings (SSSR count). The van der Waals surface area contributed by atoms with Crippen molar-refractivity contribution in [1.82, 2.24) is 4.98 Å². The third-order valence-electron chi connectivity index (χ3n) is 3.62. The Morgan fingerprint density at radius 2 is 1.85 bits per heavy atom. The lowest BCUT2D eigenvalue weighted by Gasteiger charge is -2.10. The Kier molecular flexibility index (Phi) is 3.52.